The van der Waals surface area contributed by atoms with Crippen molar-refractivity contribution >= 4 is 6.09 Å². The number of benzene rings is 1. The number of carboxylic acid groups (broad SMARTS) is 1. The molecule has 0 bridgehead atoms. The standard InChI is InChI=1S/C15H14F3N3O4/c16-15(17,18)10-2-1-3-11(12(10)13-20-19-8-24-13)25-9-4-6-21(7-5-9)14(22)23/h1-3,8-9H,4-7H2,(H,22,23). The molecule has 1 saturated heterocycles. The lowest BCUT2D eigenvalue weighted by molar-refractivity contribution is -0.137. The van der Waals surface area contributed by atoms with E-state index in [1.54, 1.807) is 0 Å². The third-order valence-electron chi connectivity index (χ3n) is 3.91. The Morgan fingerprint density at radius 1 is 1.32 bits per heavy atom. The lowest BCUT2D eigenvalue weighted by atomic mass is 10.0. The summed E-state index contributed by atoms with van der Waals surface area (Å²) in [7, 11) is 0. The van der Waals surface area contributed by atoms with E-state index >= 15 is 0 Å². The van der Waals surface area contributed by atoms with E-state index in [-0.39, 0.29) is 30.3 Å². The van der Waals surface area contributed by atoms with Crippen molar-refractivity contribution in [1.82, 2.24) is 15.1 Å². The molecular weight excluding hydrogens is 343 g/mol. The number of halogens is 3. The number of hydrogen-bond acceptors (Lipinski definition) is 5. The first-order chi connectivity index (χ1) is 11.9. The number of aromatic nitrogens is 2. The van der Waals surface area contributed by atoms with Crippen LogP contribution in [0, 0.1) is 0 Å². The molecule has 1 N–H and O–H groups in total. The Bertz CT molecular complexity index is 741. The summed E-state index contributed by atoms with van der Waals surface area (Å²) in [4.78, 5) is 12.2. The van der Waals surface area contributed by atoms with Crippen molar-refractivity contribution in [1.29, 1.82) is 0 Å². The van der Waals surface area contributed by atoms with E-state index in [1.807, 2.05) is 0 Å². The zero-order chi connectivity index (χ0) is 18.0. The first-order valence-electron chi connectivity index (χ1n) is 7.47. The van der Waals surface area contributed by atoms with Gasteiger partial charge in [0.05, 0.1) is 11.1 Å². The molecule has 0 aliphatic carbocycles. The smallest absolute Gasteiger partial charge is 0.417 e. The van der Waals surface area contributed by atoms with E-state index in [0.717, 1.165) is 12.5 Å². The Labute approximate surface area is 140 Å². The molecule has 2 heterocycles. The highest BCUT2D eigenvalue weighted by atomic mass is 19.4. The number of alkyl halides is 3. The molecule has 3 rings (SSSR count). The molecule has 10 heteroatoms. The Kier molecular flexibility index (Phi) is 4.51. The van der Waals surface area contributed by atoms with Crippen LogP contribution in [-0.4, -0.2) is 45.5 Å². The summed E-state index contributed by atoms with van der Waals surface area (Å²) in [6.45, 7) is 0.518. The number of ether oxygens (including phenoxy) is 1. The summed E-state index contributed by atoms with van der Waals surface area (Å²) in [6.07, 6.45) is -4.34. The number of rotatable bonds is 3. The van der Waals surface area contributed by atoms with Crippen molar-refractivity contribution in [3.05, 3.63) is 30.2 Å². The summed E-state index contributed by atoms with van der Waals surface area (Å²) in [5.41, 5.74) is -1.25. The average molecular weight is 357 g/mol. The van der Waals surface area contributed by atoms with Crippen molar-refractivity contribution in [2.75, 3.05) is 13.1 Å². The lowest BCUT2D eigenvalue weighted by Gasteiger charge is -2.30. The SMILES string of the molecule is O=C(O)N1CCC(Oc2cccc(C(F)(F)F)c2-c2nnco2)CC1. The second-order valence-corrected chi connectivity index (χ2v) is 5.51. The zero-order valence-electron chi connectivity index (χ0n) is 12.9. The van der Waals surface area contributed by atoms with E-state index < -0.39 is 23.9 Å². The quantitative estimate of drug-likeness (QED) is 0.907. The van der Waals surface area contributed by atoms with Gasteiger partial charge in [0.15, 0.2) is 0 Å². The minimum atomic E-state index is -4.62. The van der Waals surface area contributed by atoms with Gasteiger partial charge in [-0.3, -0.25) is 0 Å². The van der Waals surface area contributed by atoms with Crippen molar-refractivity contribution in [2.24, 2.45) is 0 Å². The molecule has 1 aliphatic heterocycles. The molecule has 134 valence electrons. The maximum absolute atomic E-state index is 13.3. The minimum absolute atomic E-state index is 0.0205. The Balaban J connectivity index is 1.88. The maximum Gasteiger partial charge on any atom is 0.417 e. The molecule has 1 amide bonds. The fraction of sp³-hybridized carbons (Fsp3) is 0.400. The van der Waals surface area contributed by atoms with Crippen molar-refractivity contribution in [2.45, 2.75) is 25.1 Å². The largest absolute Gasteiger partial charge is 0.489 e. The van der Waals surface area contributed by atoms with Crippen LogP contribution in [0.25, 0.3) is 11.5 Å². The predicted octanol–water partition coefficient (Wildman–Crippen LogP) is 3.28. The Morgan fingerprint density at radius 2 is 2.04 bits per heavy atom. The van der Waals surface area contributed by atoms with E-state index in [2.05, 4.69) is 10.2 Å². The van der Waals surface area contributed by atoms with Crippen LogP contribution in [0.2, 0.25) is 0 Å². The van der Waals surface area contributed by atoms with Crippen LogP contribution in [0.1, 0.15) is 18.4 Å². The molecule has 1 aromatic carbocycles. The molecular formula is C15H14F3N3O4. The fourth-order valence-corrected chi connectivity index (χ4v) is 2.71. The summed E-state index contributed by atoms with van der Waals surface area (Å²) in [6, 6.07) is 3.56. The number of carbonyl (C=O) groups is 1. The number of hydrogen-bond donors (Lipinski definition) is 1. The molecule has 0 atom stereocenters. The van der Waals surface area contributed by atoms with Gasteiger partial charge < -0.3 is 19.2 Å². The Morgan fingerprint density at radius 3 is 2.60 bits per heavy atom. The van der Waals surface area contributed by atoms with Gasteiger partial charge in [-0.2, -0.15) is 13.2 Å². The normalized spacial score (nSPS) is 16.0. The molecule has 0 radical (unpaired) electrons. The minimum Gasteiger partial charge on any atom is -0.489 e. The van der Waals surface area contributed by atoms with Gasteiger partial charge in [-0.15, -0.1) is 10.2 Å². The van der Waals surface area contributed by atoms with E-state index in [0.29, 0.717) is 12.8 Å². The van der Waals surface area contributed by atoms with Gasteiger partial charge in [-0.25, -0.2) is 4.79 Å². The molecule has 1 fully saturated rings. The second kappa shape index (κ2) is 6.61. The molecule has 7 nitrogen and oxygen atoms in total. The topological polar surface area (TPSA) is 88.7 Å². The summed E-state index contributed by atoms with van der Waals surface area (Å²) >= 11 is 0. The van der Waals surface area contributed by atoms with Crippen LogP contribution in [0.4, 0.5) is 18.0 Å². The third-order valence-corrected chi connectivity index (χ3v) is 3.91. The van der Waals surface area contributed by atoms with Crippen LogP contribution < -0.4 is 4.74 Å². The molecule has 0 saturated carbocycles. The molecule has 1 aromatic heterocycles. The van der Waals surface area contributed by atoms with Gasteiger partial charge in [0.2, 0.25) is 6.39 Å². The van der Waals surface area contributed by atoms with Crippen molar-refractivity contribution in [3.63, 3.8) is 0 Å². The van der Waals surface area contributed by atoms with Crippen molar-refractivity contribution in [3.8, 4) is 17.2 Å². The molecule has 2 aromatic rings. The molecule has 25 heavy (non-hydrogen) atoms. The van der Waals surface area contributed by atoms with Gasteiger partial charge in [0, 0.05) is 25.9 Å². The van der Waals surface area contributed by atoms with Gasteiger partial charge >= 0.3 is 12.3 Å². The van der Waals surface area contributed by atoms with Crippen molar-refractivity contribution < 1.29 is 32.2 Å². The number of nitrogens with zero attached hydrogens (tertiary/aromatic N) is 3. The summed E-state index contributed by atoms with van der Waals surface area (Å²) < 4.78 is 50.6. The second-order valence-electron chi connectivity index (χ2n) is 5.51. The zero-order valence-corrected chi connectivity index (χ0v) is 12.9. The highest BCUT2D eigenvalue weighted by molar-refractivity contribution is 5.68. The van der Waals surface area contributed by atoms with Crippen LogP contribution in [0.3, 0.4) is 0 Å². The average Bonchev–Trinajstić information content (AvgIpc) is 3.08. The monoisotopic (exact) mass is 357 g/mol. The third kappa shape index (κ3) is 3.67. The van der Waals surface area contributed by atoms with Crippen LogP contribution in [0.5, 0.6) is 5.75 Å². The van der Waals surface area contributed by atoms with E-state index in [9.17, 15) is 18.0 Å². The molecule has 1 aliphatic rings. The van der Waals surface area contributed by atoms with E-state index in [4.69, 9.17) is 14.3 Å². The number of amides is 1. The number of likely N-dealkylation sites (tertiary alicyclic amines) is 1. The molecule has 0 spiro atoms. The first kappa shape index (κ1) is 17.1. The first-order valence-corrected chi connectivity index (χ1v) is 7.47. The van der Waals surface area contributed by atoms with E-state index in [1.165, 1.54) is 17.0 Å². The van der Waals surface area contributed by atoms with Gasteiger partial charge in [0.1, 0.15) is 11.9 Å². The predicted molar refractivity (Wildman–Crippen MR) is 78.0 cm³/mol. The summed E-state index contributed by atoms with van der Waals surface area (Å²) in [5, 5.41) is 15.9. The number of piperidine rings is 1. The maximum atomic E-state index is 13.3. The summed E-state index contributed by atoms with van der Waals surface area (Å²) in [5.74, 6) is -0.307. The van der Waals surface area contributed by atoms with Gasteiger partial charge in [0.25, 0.3) is 5.89 Å². The van der Waals surface area contributed by atoms with Crippen LogP contribution in [0.15, 0.2) is 29.0 Å². The highest BCUT2D eigenvalue weighted by Crippen LogP contribution is 2.42. The Hall–Kier alpha value is -2.78. The van der Waals surface area contributed by atoms with Crippen LogP contribution in [-0.2, 0) is 6.18 Å². The van der Waals surface area contributed by atoms with Gasteiger partial charge in [-0.05, 0) is 12.1 Å². The van der Waals surface area contributed by atoms with Crippen LogP contribution >= 0.6 is 0 Å². The van der Waals surface area contributed by atoms with Gasteiger partial charge in [-0.1, -0.05) is 6.07 Å². The lowest BCUT2D eigenvalue weighted by Crippen LogP contribution is -2.41. The molecule has 0 unspecified atom stereocenters. The fourth-order valence-electron chi connectivity index (χ4n) is 2.71. The highest BCUT2D eigenvalue weighted by Gasteiger charge is 2.37.